The number of nitrogens with two attached hydrogens (primary N) is 1. The molecule has 0 spiro atoms. The van der Waals surface area contributed by atoms with Crippen molar-refractivity contribution in [2.24, 2.45) is 0 Å². The molecule has 0 saturated heterocycles. The molecular formula is C21H15ClN4O4S. The Labute approximate surface area is 185 Å². The lowest BCUT2D eigenvalue weighted by molar-refractivity contribution is -0.384. The Morgan fingerprint density at radius 1 is 1.19 bits per heavy atom. The van der Waals surface area contributed by atoms with Crippen molar-refractivity contribution in [3.63, 3.8) is 0 Å². The van der Waals surface area contributed by atoms with Gasteiger partial charge in [-0.2, -0.15) is 0 Å². The number of thiophene rings is 1. The zero-order chi connectivity index (χ0) is 22.1. The average Bonchev–Trinajstić information content (AvgIpc) is 3.11. The first-order chi connectivity index (χ1) is 14.9. The van der Waals surface area contributed by atoms with Crippen LogP contribution in [0, 0.1) is 10.1 Å². The highest BCUT2D eigenvalue weighted by Crippen LogP contribution is 2.35. The number of pyridine rings is 1. The summed E-state index contributed by atoms with van der Waals surface area (Å²) < 4.78 is 5.17. The number of amides is 1. The number of rotatable bonds is 5. The maximum absolute atomic E-state index is 12.8. The van der Waals surface area contributed by atoms with E-state index in [1.54, 1.807) is 7.11 Å². The lowest BCUT2D eigenvalue weighted by atomic mass is 10.1. The third-order valence-electron chi connectivity index (χ3n) is 4.59. The molecule has 2 aromatic carbocycles. The van der Waals surface area contributed by atoms with E-state index in [0.29, 0.717) is 15.9 Å². The molecule has 0 saturated carbocycles. The number of nitro benzene ring substituents is 1. The van der Waals surface area contributed by atoms with E-state index in [0.717, 1.165) is 28.3 Å². The number of nitrogens with zero attached hydrogens (tertiary/aromatic N) is 2. The second kappa shape index (κ2) is 8.21. The van der Waals surface area contributed by atoms with Crippen molar-refractivity contribution in [1.82, 2.24) is 4.98 Å². The summed E-state index contributed by atoms with van der Waals surface area (Å²) in [5.74, 6) is 0.259. The summed E-state index contributed by atoms with van der Waals surface area (Å²) in [6, 6.07) is 15.2. The van der Waals surface area contributed by atoms with Gasteiger partial charge >= 0.3 is 0 Å². The van der Waals surface area contributed by atoms with Crippen LogP contribution in [-0.2, 0) is 0 Å². The largest absolute Gasteiger partial charge is 0.497 e. The summed E-state index contributed by atoms with van der Waals surface area (Å²) in [4.78, 5) is 28.7. The number of nitrogens with one attached hydrogen (secondary N) is 1. The molecule has 8 nitrogen and oxygen atoms in total. The zero-order valence-corrected chi connectivity index (χ0v) is 17.7. The van der Waals surface area contributed by atoms with Crippen molar-refractivity contribution >= 4 is 56.1 Å². The molecule has 4 rings (SSSR count). The topological polar surface area (TPSA) is 120 Å². The molecule has 3 N–H and O–H groups in total. The van der Waals surface area contributed by atoms with Gasteiger partial charge in [0.05, 0.1) is 23.4 Å². The van der Waals surface area contributed by atoms with Crippen LogP contribution in [0.5, 0.6) is 5.75 Å². The summed E-state index contributed by atoms with van der Waals surface area (Å²) in [5.41, 5.74) is 8.06. The molecule has 2 aromatic heterocycles. The molecule has 0 atom stereocenters. The Kier molecular flexibility index (Phi) is 5.45. The molecular weight excluding hydrogens is 440 g/mol. The van der Waals surface area contributed by atoms with Gasteiger partial charge in [-0.05, 0) is 48.5 Å². The van der Waals surface area contributed by atoms with Gasteiger partial charge in [-0.25, -0.2) is 4.98 Å². The molecule has 0 aliphatic carbocycles. The number of ether oxygens (including phenoxy) is 1. The number of carbonyl (C=O) groups is 1. The molecule has 0 bridgehead atoms. The average molecular weight is 455 g/mol. The number of aromatic nitrogens is 1. The number of nitrogen functional groups attached to an aromatic ring is 1. The van der Waals surface area contributed by atoms with Crippen molar-refractivity contribution in [1.29, 1.82) is 0 Å². The van der Waals surface area contributed by atoms with Crippen molar-refractivity contribution < 1.29 is 14.5 Å². The maximum Gasteiger partial charge on any atom is 0.289 e. The van der Waals surface area contributed by atoms with Gasteiger partial charge < -0.3 is 15.8 Å². The number of hydrogen-bond acceptors (Lipinski definition) is 7. The van der Waals surface area contributed by atoms with E-state index in [-0.39, 0.29) is 21.3 Å². The van der Waals surface area contributed by atoms with Crippen LogP contribution >= 0.6 is 22.9 Å². The van der Waals surface area contributed by atoms with Crippen LogP contribution in [0.3, 0.4) is 0 Å². The van der Waals surface area contributed by atoms with Crippen LogP contribution in [0.2, 0.25) is 5.02 Å². The quantitative estimate of drug-likeness (QED) is 0.309. The minimum Gasteiger partial charge on any atom is -0.497 e. The second-order valence-electron chi connectivity index (χ2n) is 6.50. The number of methoxy groups -OCH3 is 1. The van der Waals surface area contributed by atoms with Crippen LogP contribution in [0.1, 0.15) is 9.67 Å². The van der Waals surface area contributed by atoms with Crippen molar-refractivity contribution in [2.45, 2.75) is 0 Å². The zero-order valence-electron chi connectivity index (χ0n) is 16.1. The lowest BCUT2D eigenvalue weighted by Gasteiger charge is -2.05. The lowest BCUT2D eigenvalue weighted by Crippen LogP contribution is -2.12. The Bertz CT molecular complexity index is 1320. The number of fused-ring (bicyclic) bond motifs is 1. The number of hydrogen-bond donors (Lipinski definition) is 2. The fourth-order valence-corrected chi connectivity index (χ4v) is 4.18. The van der Waals surface area contributed by atoms with E-state index in [4.69, 9.17) is 22.1 Å². The summed E-state index contributed by atoms with van der Waals surface area (Å²) in [6.07, 6.45) is 0. The van der Waals surface area contributed by atoms with Gasteiger partial charge in [0.2, 0.25) is 0 Å². The van der Waals surface area contributed by atoms with Crippen molar-refractivity contribution in [3.8, 4) is 17.0 Å². The molecule has 4 aromatic rings. The van der Waals surface area contributed by atoms with E-state index < -0.39 is 10.8 Å². The Balaban J connectivity index is 1.65. The van der Waals surface area contributed by atoms with Gasteiger partial charge in [0, 0.05) is 22.7 Å². The van der Waals surface area contributed by atoms with Crippen molar-refractivity contribution in [3.05, 3.63) is 74.6 Å². The predicted octanol–water partition coefficient (Wildman–Crippen LogP) is 5.37. The fraction of sp³-hybridized carbons (Fsp3) is 0.0476. The molecule has 0 radical (unpaired) electrons. The van der Waals surface area contributed by atoms with E-state index in [1.165, 1.54) is 18.2 Å². The standard InChI is InChI=1S/C21H15ClN4O4S/c1-30-13-5-2-11(3-6-13)16-9-7-14-18(23)19(31-21(14)25-16)20(27)24-12-4-8-15(22)17(10-12)26(28)29/h2-10H,23H2,1H3,(H,24,27). The van der Waals surface area contributed by atoms with E-state index >= 15 is 0 Å². The first-order valence-electron chi connectivity index (χ1n) is 8.96. The second-order valence-corrected chi connectivity index (χ2v) is 7.91. The smallest absolute Gasteiger partial charge is 0.289 e. The summed E-state index contributed by atoms with van der Waals surface area (Å²) in [5, 5.41) is 14.3. The summed E-state index contributed by atoms with van der Waals surface area (Å²) in [6.45, 7) is 0. The van der Waals surface area contributed by atoms with Gasteiger partial charge in [-0.3, -0.25) is 14.9 Å². The van der Waals surface area contributed by atoms with E-state index in [2.05, 4.69) is 10.3 Å². The van der Waals surface area contributed by atoms with Gasteiger partial charge in [0.15, 0.2) is 0 Å². The fourth-order valence-electron chi connectivity index (χ4n) is 3.01. The van der Waals surface area contributed by atoms with Crippen LogP contribution in [-0.4, -0.2) is 22.9 Å². The van der Waals surface area contributed by atoms with Crippen LogP contribution in [0.4, 0.5) is 17.1 Å². The molecule has 2 heterocycles. The molecule has 10 heteroatoms. The Morgan fingerprint density at radius 3 is 2.61 bits per heavy atom. The van der Waals surface area contributed by atoms with Crippen LogP contribution in [0.15, 0.2) is 54.6 Å². The monoisotopic (exact) mass is 454 g/mol. The van der Waals surface area contributed by atoms with Gasteiger partial charge in [-0.1, -0.05) is 11.6 Å². The minimum absolute atomic E-state index is 0.0142. The summed E-state index contributed by atoms with van der Waals surface area (Å²) >= 11 is 6.97. The molecule has 156 valence electrons. The first kappa shape index (κ1) is 20.6. The highest BCUT2D eigenvalue weighted by molar-refractivity contribution is 7.21. The van der Waals surface area contributed by atoms with Gasteiger partial charge in [0.1, 0.15) is 20.5 Å². The van der Waals surface area contributed by atoms with Gasteiger partial charge in [0.25, 0.3) is 11.6 Å². The first-order valence-corrected chi connectivity index (χ1v) is 10.2. The number of nitro groups is 1. The third-order valence-corrected chi connectivity index (χ3v) is 6.02. The predicted molar refractivity (Wildman–Crippen MR) is 122 cm³/mol. The van der Waals surface area contributed by atoms with Crippen LogP contribution < -0.4 is 15.8 Å². The SMILES string of the molecule is COc1ccc(-c2ccc3c(N)c(C(=O)Nc4ccc(Cl)c([N+](=O)[O-])c4)sc3n2)cc1. The molecule has 0 aliphatic heterocycles. The summed E-state index contributed by atoms with van der Waals surface area (Å²) in [7, 11) is 1.60. The van der Waals surface area contributed by atoms with Crippen molar-refractivity contribution in [2.75, 3.05) is 18.2 Å². The number of carbonyl (C=O) groups excluding carboxylic acids is 1. The Morgan fingerprint density at radius 2 is 1.94 bits per heavy atom. The van der Waals surface area contributed by atoms with E-state index in [9.17, 15) is 14.9 Å². The molecule has 0 unspecified atom stereocenters. The van der Waals surface area contributed by atoms with Crippen LogP contribution in [0.25, 0.3) is 21.5 Å². The normalized spacial score (nSPS) is 10.8. The molecule has 31 heavy (non-hydrogen) atoms. The van der Waals surface area contributed by atoms with Gasteiger partial charge in [-0.15, -0.1) is 11.3 Å². The maximum atomic E-state index is 12.8. The Hall–Kier alpha value is -3.69. The highest BCUT2D eigenvalue weighted by atomic mass is 35.5. The molecule has 0 fully saturated rings. The number of halogens is 1. The minimum atomic E-state index is -0.615. The van der Waals surface area contributed by atoms with E-state index in [1.807, 2.05) is 36.4 Å². The number of benzene rings is 2. The molecule has 0 aliphatic rings. The highest BCUT2D eigenvalue weighted by Gasteiger charge is 2.20. The molecule has 1 amide bonds. The third kappa shape index (κ3) is 4.00. The number of anilines is 2.